The molecule has 0 saturated heterocycles. The first kappa shape index (κ1) is 21.4. The first-order valence-corrected chi connectivity index (χ1v) is 9.93. The summed E-state index contributed by atoms with van der Waals surface area (Å²) in [4.78, 5) is 16.7. The lowest BCUT2D eigenvalue weighted by Crippen LogP contribution is -2.38. The Morgan fingerprint density at radius 2 is 2.00 bits per heavy atom. The molecular formula is C20H31N7O. The van der Waals surface area contributed by atoms with E-state index < -0.39 is 0 Å². The molecular weight excluding hydrogens is 354 g/mol. The number of rotatable bonds is 10. The number of carbonyl (C=O) groups is 1. The van der Waals surface area contributed by atoms with E-state index in [0.717, 1.165) is 49.8 Å². The van der Waals surface area contributed by atoms with Crippen molar-refractivity contribution in [2.45, 2.75) is 46.7 Å². The summed E-state index contributed by atoms with van der Waals surface area (Å²) in [5.74, 6) is 1.68. The lowest BCUT2D eigenvalue weighted by atomic mass is 10.1. The quantitative estimate of drug-likeness (QED) is 0.428. The Labute approximate surface area is 166 Å². The van der Waals surface area contributed by atoms with Crippen molar-refractivity contribution in [3.63, 3.8) is 0 Å². The van der Waals surface area contributed by atoms with E-state index in [4.69, 9.17) is 0 Å². The third-order valence-electron chi connectivity index (χ3n) is 4.15. The van der Waals surface area contributed by atoms with E-state index in [1.54, 1.807) is 6.33 Å². The number of nitrogens with zero attached hydrogens (tertiary/aromatic N) is 4. The second kappa shape index (κ2) is 11.7. The van der Waals surface area contributed by atoms with Gasteiger partial charge in [-0.05, 0) is 31.0 Å². The Kier molecular flexibility index (Phi) is 8.97. The predicted molar refractivity (Wildman–Crippen MR) is 111 cm³/mol. The van der Waals surface area contributed by atoms with E-state index in [-0.39, 0.29) is 5.91 Å². The van der Waals surface area contributed by atoms with Crippen LogP contribution in [0, 0.1) is 0 Å². The summed E-state index contributed by atoms with van der Waals surface area (Å²) in [5, 5.41) is 17.5. The number of nitrogens with one attached hydrogen (secondary N) is 3. The number of carbonyl (C=O) groups excluding carboxylic acids is 1. The monoisotopic (exact) mass is 385 g/mol. The van der Waals surface area contributed by atoms with Crippen LogP contribution in [0.1, 0.15) is 48.9 Å². The molecule has 0 fully saturated rings. The lowest BCUT2D eigenvalue weighted by Gasteiger charge is -2.12. The van der Waals surface area contributed by atoms with Crippen LogP contribution in [0.5, 0.6) is 0 Å². The molecule has 8 heteroatoms. The molecule has 28 heavy (non-hydrogen) atoms. The minimum Gasteiger partial charge on any atom is -0.357 e. The molecule has 2 aromatic rings. The molecule has 152 valence electrons. The summed E-state index contributed by atoms with van der Waals surface area (Å²) in [5.41, 5.74) is 1.66. The Balaban J connectivity index is 1.93. The third-order valence-corrected chi connectivity index (χ3v) is 4.15. The summed E-state index contributed by atoms with van der Waals surface area (Å²) in [6.45, 7) is 9.58. The van der Waals surface area contributed by atoms with Crippen LogP contribution < -0.4 is 16.0 Å². The van der Waals surface area contributed by atoms with Gasteiger partial charge in [-0.15, -0.1) is 10.2 Å². The van der Waals surface area contributed by atoms with Crippen LogP contribution >= 0.6 is 0 Å². The van der Waals surface area contributed by atoms with Crippen LogP contribution in [0.4, 0.5) is 0 Å². The van der Waals surface area contributed by atoms with Gasteiger partial charge in [0.05, 0.1) is 6.54 Å². The number of benzene rings is 1. The van der Waals surface area contributed by atoms with Crippen molar-refractivity contribution in [3.05, 3.63) is 47.5 Å². The zero-order valence-electron chi connectivity index (χ0n) is 17.0. The van der Waals surface area contributed by atoms with Crippen molar-refractivity contribution in [1.29, 1.82) is 0 Å². The van der Waals surface area contributed by atoms with E-state index in [1.165, 1.54) is 0 Å². The first-order chi connectivity index (χ1) is 13.7. The largest absolute Gasteiger partial charge is 0.357 e. The van der Waals surface area contributed by atoms with Gasteiger partial charge < -0.3 is 20.5 Å². The average Bonchev–Trinajstić information content (AvgIpc) is 3.18. The van der Waals surface area contributed by atoms with Crippen molar-refractivity contribution in [1.82, 2.24) is 30.7 Å². The van der Waals surface area contributed by atoms with Gasteiger partial charge in [0.15, 0.2) is 5.96 Å². The summed E-state index contributed by atoms with van der Waals surface area (Å²) in [7, 11) is 0. The van der Waals surface area contributed by atoms with Crippen LogP contribution in [0.15, 0.2) is 35.6 Å². The summed E-state index contributed by atoms with van der Waals surface area (Å²) >= 11 is 0. The minimum atomic E-state index is -0.0432. The van der Waals surface area contributed by atoms with Crippen LogP contribution in [-0.2, 0) is 19.5 Å². The van der Waals surface area contributed by atoms with Crippen LogP contribution in [0.3, 0.4) is 0 Å². The van der Waals surface area contributed by atoms with Crippen molar-refractivity contribution in [2.75, 3.05) is 19.6 Å². The maximum Gasteiger partial charge on any atom is 0.251 e. The molecule has 8 nitrogen and oxygen atoms in total. The van der Waals surface area contributed by atoms with Crippen molar-refractivity contribution in [3.8, 4) is 0 Å². The van der Waals surface area contributed by atoms with Gasteiger partial charge in [0.25, 0.3) is 5.91 Å². The van der Waals surface area contributed by atoms with Crippen molar-refractivity contribution < 1.29 is 4.79 Å². The standard InChI is InChI=1S/C20H31N7O/c1-4-10-22-19(28)17-9-7-8-16(13-17)14-24-20(21-6-3)23-11-12-27-15-25-26-18(27)5-2/h7-9,13,15H,4-6,10-12,14H2,1-3H3,(H,22,28)(H2,21,23,24). The zero-order chi connectivity index (χ0) is 20.2. The Morgan fingerprint density at radius 3 is 2.75 bits per heavy atom. The molecule has 1 aromatic heterocycles. The predicted octanol–water partition coefficient (Wildman–Crippen LogP) is 1.74. The number of amides is 1. The van der Waals surface area contributed by atoms with Gasteiger partial charge in [0, 0.05) is 38.2 Å². The number of guanidine groups is 1. The average molecular weight is 386 g/mol. The molecule has 0 unspecified atom stereocenters. The summed E-state index contributed by atoms with van der Waals surface area (Å²) < 4.78 is 2.04. The first-order valence-electron chi connectivity index (χ1n) is 9.93. The molecule has 0 saturated carbocycles. The highest BCUT2D eigenvalue weighted by Crippen LogP contribution is 2.07. The van der Waals surface area contributed by atoms with Crippen molar-refractivity contribution >= 4 is 11.9 Å². The highest BCUT2D eigenvalue weighted by molar-refractivity contribution is 5.94. The van der Waals surface area contributed by atoms with E-state index in [1.807, 2.05) is 42.7 Å². The molecule has 1 heterocycles. The Hall–Kier alpha value is -2.90. The number of hydrogen-bond acceptors (Lipinski definition) is 4. The topological polar surface area (TPSA) is 96.2 Å². The molecule has 3 N–H and O–H groups in total. The second-order valence-electron chi connectivity index (χ2n) is 6.37. The zero-order valence-corrected chi connectivity index (χ0v) is 17.0. The number of aliphatic imine (C=N–C) groups is 1. The molecule has 0 spiro atoms. The van der Waals surface area contributed by atoms with E-state index in [2.05, 4.69) is 38.1 Å². The highest BCUT2D eigenvalue weighted by atomic mass is 16.1. The highest BCUT2D eigenvalue weighted by Gasteiger charge is 2.06. The Morgan fingerprint density at radius 1 is 1.14 bits per heavy atom. The molecule has 1 amide bonds. The smallest absolute Gasteiger partial charge is 0.251 e. The van der Waals surface area contributed by atoms with E-state index in [9.17, 15) is 4.79 Å². The van der Waals surface area contributed by atoms with Gasteiger partial charge >= 0.3 is 0 Å². The fraction of sp³-hybridized carbons (Fsp3) is 0.500. The maximum atomic E-state index is 12.1. The third kappa shape index (κ3) is 6.68. The van der Waals surface area contributed by atoms with Gasteiger partial charge in [0.1, 0.15) is 12.2 Å². The van der Waals surface area contributed by atoms with Crippen LogP contribution in [0.2, 0.25) is 0 Å². The molecule has 0 aliphatic heterocycles. The van der Waals surface area contributed by atoms with Gasteiger partial charge in [0.2, 0.25) is 0 Å². The second-order valence-corrected chi connectivity index (χ2v) is 6.37. The molecule has 0 bridgehead atoms. The van der Waals surface area contributed by atoms with Gasteiger partial charge in [-0.25, -0.2) is 4.99 Å². The molecule has 0 aliphatic rings. The molecule has 0 aliphatic carbocycles. The SMILES string of the molecule is CCCNC(=O)c1cccc(CN=C(NCC)NCCn2cnnc2CC)c1. The molecule has 2 rings (SSSR count). The van der Waals surface area contributed by atoms with Gasteiger partial charge in [-0.3, -0.25) is 4.79 Å². The van der Waals surface area contributed by atoms with Crippen molar-refractivity contribution in [2.24, 2.45) is 4.99 Å². The molecule has 0 atom stereocenters. The number of aryl methyl sites for hydroxylation is 1. The summed E-state index contributed by atoms with van der Waals surface area (Å²) in [6, 6.07) is 7.59. The summed E-state index contributed by atoms with van der Waals surface area (Å²) in [6.07, 6.45) is 3.53. The van der Waals surface area contributed by atoms with E-state index in [0.29, 0.717) is 18.7 Å². The minimum absolute atomic E-state index is 0.0432. The van der Waals surface area contributed by atoms with E-state index >= 15 is 0 Å². The van der Waals surface area contributed by atoms with Crippen LogP contribution in [0.25, 0.3) is 0 Å². The lowest BCUT2D eigenvalue weighted by molar-refractivity contribution is 0.0953. The normalized spacial score (nSPS) is 11.3. The number of hydrogen-bond donors (Lipinski definition) is 3. The maximum absolute atomic E-state index is 12.1. The fourth-order valence-corrected chi connectivity index (χ4v) is 2.70. The Bertz CT molecular complexity index is 769. The van der Waals surface area contributed by atoms with Crippen LogP contribution in [-0.4, -0.2) is 46.3 Å². The number of aromatic nitrogens is 3. The molecule has 1 aromatic carbocycles. The van der Waals surface area contributed by atoms with Gasteiger partial charge in [-0.2, -0.15) is 0 Å². The van der Waals surface area contributed by atoms with Gasteiger partial charge in [-0.1, -0.05) is 26.0 Å². The fourth-order valence-electron chi connectivity index (χ4n) is 2.70. The molecule has 0 radical (unpaired) electrons.